The van der Waals surface area contributed by atoms with Crippen LogP contribution in [0.1, 0.15) is 12.8 Å². The van der Waals surface area contributed by atoms with Crippen molar-refractivity contribution in [3.8, 4) is 0 Å². The first-order chi connectivity index (χ1) is 7.84. The van der Waals surface area contributed by atoms with Gasteiger partial charge < -0.3 is 0 Å². The first kappa shape index (κ1) is 8.21. The number of nitrogens with one attached hydrogen (secondary N) is 1. The lowest BCUT2D eigenvalue weighted by Crippen LogP contribution is -2.23. The summed E-state index contributed by atoms with van der Waals surface area (Å²) in [6.07, 6.45) is 3.99. The molecule has 1 aliphatic carbocycles. The summed E-state index contributed by atoms with van der Waals surface area (Å²) in [7, 11) is 0. The summed E-state index contributed by atoms with van der Waals surface area (Å²) < 4.78 is 0. The number of nitrogens with zero attached hydrogens (tertiary/aromatic N) is 2. The van der Waals surface area contributed by atoms with Crippen LogP contribution >= 0.6 is 0 Å². The summed E-state index contributed by atoms with van der Waals surface area (Å²) >= 11 is 0. The lowest BCUT2D eigenvalue weighted by atomic mass is 10.1. The lowest BCUT2D eigenvalue weighted by molar-refractivity contribution is -0.112. The van der Waals surface area contributed by atoms with Crippen molar-refractivity contribution in [3.05, 3.63) is 28.9 Å². The molecule has 1 N–H and O–H groups in total. The topological polar surface area (TPSA) is 58.1 Å². The number of H-pyrrole nitrogens is 1. The van der Waals surface area contributed by atoms with E-state index >= 15 is 0 Å². The van der Waals surface area contributed by atoms with Crippen molar-refractivity contribution < 1.29 is 4.79 Å². The van der Waals surface area contributed by atoms with Crippen molar-refractivity contribution in [2.75, 3.05) is 0 Å². The Labute approximate surface area is 90.7 Å². The van der Waals surface area contributed by atoms with Crippen LogP contribution in [0.15, 0.2) is 23.3 Å². The third-order valence-electron chi connectivity index (χ3n) is 3.32. The van der Waals surface area contributed by atoms with E-state index < -0.39 is 0 Å². The van der Waals surface area contributed by atoms with Crippen LogP contribution in [0.3, 0.4) is 0 Å². The highest BCUT2D eigenvalue weighted by Gasteiger charge is 2.33. The zero-order valence-corrected chi connectivity index (χ0v) is 8.53. The molecule has 0 bridgehead atoms. The molecule has 1 fully saturated rings. The van der Waals surface area contributed by atoms with Gasteiger partial charge >= 0.3 is 0 Å². The van der Waals surface area contributed by atoms with Crippen LogP contribution in [-0.2, 0) is 4.79 Å². The molecule has 0 radical (unpaired) electrons. The third kappa shape index (κ3) is 0.913. The Kier molecular flexibility index (Phi) is 1.32. The number of fused-ring (bicyclic) bond motifs is 3. The van der Waals surface area contributed by atoms with Gasteiger partial charge in [0.1, 0.15) is 0 Å². The molecule has 0 saturated heterocycles. The number of carbonyl (C=O) groups excluding carboxylic acids is 1. The molecule has 0 atom stereocenters. The van der Waals surface area contributed by atoms with Gasteiger partial charge in [-0.1, -0.05) is 6.07 Å². The monoisotopic (exact) mass is 211 g/mol. The minimum absolute atomic E-state index is 0.0498. The van der Waals surface area contributed by atoms with E-state index in [1.54, 1.807) is 6.20 Å². The molecular formula is C12H9N3O. The average molecular weight is 211 g/mol. The second kappa shape index (κ2) is 2.58. The molecular weight excluding hydrogens is 202 g/mol. The molecule has 2 aromatic rings. The smallest absolute Gasteiger partial charge is 0.274 e. The number of amides is 1. The van der Waals surface area contributed by atoms with Gasteiger partial charge in [0, 0.05) is 16.2 Å². The van der Waals surface area contributed by atoms with E-state index in [1.165, 1.54) is 0 Å². The number of benzene rings is 1. The van der Waals surface area contributed by atoms with Gasteiger partial charge in [0.25, 0.3) is 5.91 Å². The second-order valence-electron chi connectivity index (χ2n) is 4.40. The lowest BCUT2D eigenvalue weighted by Gasteiger charge is -1.93. The number of aromatic amines is 1. The van der Waals surface area contributed by atoms with Crippen LogP contribution < -0.4 is 10.6 Å². The van der Waals surface area contributed by atoms with Gasteiger partial charge in [0.2, 0.25) is 0 Å². The maximum atomic E-state index is 11.8. The van der Waals surface area contributed by atoms with E-state index in [9.17, 15) is 4.79 Å². The fourth-order valence-electron chi connectivity index (χ4n) is 2.38. The molecule has 4 nitrogen and oxygen atoms in total. The quantitative estimate of drug-likeness (QED) is 0.736. The normalized spacial score (nSPS) is 19.0. The molecule has 78 valence electrons. The van der Waals surface area contributed by atoms with E-state index in [1.807, 2.05) is 12.1 Å². The maximum absolute atomic E-state index is 11.8. The third-order valence-corrected chi connectivity index (χ3v) is 3.32. The van der Waals surface area contributed by atoms with Crippen LogP contribution in [0.25, 0.3) is 16.5 Å². The fourth-order valence-corrected chi connectivity index (χ4v) is 2.38. The molecule has 1 saturated carbocycles. The molecule has 1 aliphatic heterocycles. The van der Waals surface area contributed by atoms with Crippen molar-refractivity contribution in [1.29, 1.82) is 0 Å². The Balaban J connectivity index is 2.23. The van der Waals surface area contributed by atoms with Crippen molar-refractivity contribution in [2.24, 2.45) is 10.9 Å². The number of hydrogen-bond acceptors (Lipinski definition) is 2. The Bertz CT molecular complexity index is 737. The summed E-state index contributed by atoms with van der Waals surface area (Å²) in [6.45, 7) is 0. The molecule has 0 unspecified atom stereocenters. The van der Waals surface area contributed by atoms with E-state index in [2.05, 4.69) is 15.2 Å². The average Bonchev–Trinajstić information content (AvgIpc) is 2.89. The Morgan fingerprint density at radius 3 is 3.00 bits per heavy atom. The molecule has 2 aliphatic rings. The number of carbonyl (C=O) groups is 1. The second-order valence-corrected chi connectivity index (χ2v) is 4.40. The van der Waals surface area contributed by atoms with Gasteiger partial charge in [0.15, 0.2) is 0 Å². The van der Waals surface area contributed by atoms with Gasteiger partial charge in [-0.2, -0.15) is 5.10 Å². The molecule has 1 amide bonds. The van der Waals surface area contributed by atoms with Gasteiger partial charge in [-0.15, -0.1) is 0 Å². The summed E-state index contributed by atoms with van der Waals surface area (Å²) in [5, 5.41) is 9.64. The van der Waals surface area contributed by atoms with Crippen LogP contribution in [-0.4, -0.2) is 16.1 Å². The first-order valence-corrected chi connectivity index (χ1v) is 5.44. The number of hydrogen-bond donors (Lipinski definition) is 1. The van der Waals surface area contributed by atoms with Crippen molar-refractivity contribution in [2.45, 2.75) is 12.8 Å². The van der Waals surface area contributed by atoms with E-state index in [0.29, 0.717) is 5.92 Å². The van der Waals surface area contributed by atoms with Gasteiger partial charge in [0.05, 0.1) is 17.1 Å². The zero-order chi connectivity index (χ0) is 10.7. The number of aromatic nitrogens is 2. The molecule has 0 spiro atoms. The highest BCUT2D eigenvalue weighted by Crippen LogP contribution is 2.37. The van der Waals surface area contributed by atoms with Crippen molar-refractivity contribution in [3.63, 3.8) is 0 Å². The zero-order valence-electron chi connectivity index (χ0n) is 8.53. The molecule has 4 rings (SSSR count). The fraction of sp³-hybridized carbons (Fsp3) is 0.250. The minimum atomic E-state index is -0.0498. The first-order valence-electron chi connectivity index (χ1n) is 5.44. The van der Waals surface area contributed by atoms with Gasteiger partial charge in [-0.3, -0.25) is 9.89 Å². The Morgan fingerprint density at radius 2 is 2.19 bits per heavy atom. The minimum Gasteiger partial charge on any atom is -0.278 e. The predicted octanol–water partition coefficient (Wildman–Crippen LogP) is 0.283. The van der Waals surface area contributed by atoms with Crippen LogP contribution in [0.2, 0.25) is 0 Å². The van der Waals surface area contributed by atoms with Gasteiger partial charge in [-0.25, -0.2) is 4.99 Å². The standard InChI is InChI=1S/C12H9N3O/c16-12-10(6-1-2-6)7-3-4-9-8(5-13-15-9)11(7)14-12/h3-6H,1-2H2,(H,13,15). The molecule has 1 aromatic carbocycles. The highest BCUT2D eigenvalue weighted by atomic mass is 16.1. The summed E-state index contributed by atoms with van der Waals surface area (Å²) in [5.41, 5.74) is 1.85. The maximum Gasteiger partial charge on any atom is 0.274 e. The predicted molar refractivity (Wildman–Crippen MR) is 58.0 cm³/mol. The van der Waals surface area contributed by atoms with Crippen LogP contribution in [0, 0.1) is 5.92 Å². The molecule has 4 heteroatoms. The van der Waals surface area contributed by atoms with E-state index in [-0.39, 0.29) is 5.91 Å². The SMILES string of the molecule is O=C1N=c2c(ccc3[nH]ncc23)=C1C1CC1. The van der Waals surface area contributed by atoms with Crippen LogP contribution in [0.5, 0.6) is 0 Å². The summed E-state index contributed by atoms with van der Waals surface area (Å²) in [5.74, 6) is 0.396. The molecule has 16 heavy (non-hydrogen) atoms. The summed E-state index contributed by atoms with van der Waals surface area (Å²) in [4.78, 5) is 16.0. The Morgan fingerprint density at radius 1 is 1.31 bits per heavy atom. The summed E-state index contributed by atoms with van der Waals surface area (Å²) in [6, 6.07) is 3.95. The van der Waals surface area contributed by atoms with Crippen LogP contribution in [0.4, 0.5) is 0 Å². The molecule has 1 aromatic heterocycles. The van der Waals surface area contributed by atoms with E-state index in [0.717, 1.165) is 39.9 Å². The van der Waals surface area contributed by atoms with Gasteiger partial charge in [-0.05, 0) is 24.8 Å². The van der Waals surface area contributed by atoms with Crippen molar-refractivity contribution >= 4 is 22.4 Å². The Hall–Kier alpha value is -1.97. The number of rotatable bonds is 1. The molecule has 2 heterocycles. The highest BCUT2D eigenvalue weighted by molar-refractivity contribution is 6.17. The van der Waals surface area contributed by atoms with E-state index in [4.69, 9.17) is 0 Å². The van der Waals surface area contributed by atoms with Crippen molar-refractivity contribution in [1.82, 2.24) is 10.2 Å². The largest absolute Gasteiger partial charge is 0.278 e.